The highest BCUT2D eigenvalue weighted by Crippen LogP contribution is 2.23. The van der Waals surface area contributed by atoms with Gasteiger partial charge in [-0.1, -0.05) is 29.8 Å². The maximum atomic E-state index is 12.3. The molecular weight excluding hydrogens is 296 g/mol. The predicted octanol–water partition coefficient (Wildman–Crippen LogP) is 4.62. The average molecular weight is 313 g/mol. The van der Waals surface area contributed by atoms with Gasteiger partial charge in [0.05, 0.1) is 6.42 Å². The SMILES string of the molecule is Cc1ccc(C)c(NC(=O)Cc2c[nH]c3cc(Cl)ccc23)c1. The van der Waals surface area contributed by atoms with Crippen LogP contribution in [0.15, 0.2) is 42.6 Å². The number of carbonyl (C=O) groups is 1. The summed E-state index contributed by atoms with van der Waals surface area (Å²) >= 11 is 5.97. The van der Waals surface area contributed by atoms with Crippen molar-refractivity contribution < 1.29 is 4.79 Å². The molecule has 3 aromatic rings. The molecule has 3 nitrogen and oxygen atoms in total. The topological polar surface area (TPSA) is 44.9 Å². The fourth-order valence-electron chi connectivity index (χ4n) is 2.54. The highest BCUT2D eigenvalue weighted by Gasteiger charge is 2.10. The lowest BCUT2D eigenvalue weighted by molar-refractivity contribution is -0.115. The van der Waals surface area contributed by atoms with E-state index in [-0.39, 0.29) is 5.91 Å². The number of halogens is 1. The van der Waals surface area contributed by atoms with Gasteiger partial charge in [0.15, 0.2) is 0 Å². The van der Waals surface area contributed by atoms with Gasteiger partial charge < -0.3 is 10.3 Å². The van der Waals surface area contributed by atoms with Crippen molar-refractivity contribution in [1.82, 2.24) is 4.98 Å². The summed E-state index contributed by atoms with van der Waals surface area (Å²) in [7, 11) is 0. The Balaban J connectivity index is 1.80. The van der Waals surface area contributed by atoms with Crippen molar-refractivity contribution in [3.05, 3.63) is 64.3 Å². The molecule has 0 saturated heterocycles. The number of aromatic nitrogens is 1. The van der Waals surface area contributed by atoms with Gasteiger partial charge in [-0.3, -0.25) is 4.79 Å². The molecule has 3 rings (SSSR count). The number of anilines is 1. The Bertz CT molecular complexity index is 851. The highest BCUT2D eigenvalue weighted by atomic mass is 35.5. The normalized spacial score (nSPS) is 10.9. The quantitative estimate of drug-likeness (QED) is 0.728. The Labute approximate surface area is 134 Å². The first-order chi connectivity index (χ1) is 10.5. The van der Waals surface area contributed by atoms with Gasteiger partial charge in [-0.15, -0.1) is 0 Å². The minimum absolute atomic E-state index is 0.0236. The smallest absolute Gasteiger partial charge is 0.228 e. The van der Waals surface area contributed by atoms with Gasteiger partial charge in [0.1, 0.15) is 0 Å². The summed E-state index contributed by atoms with van der Waals surface area (Å²) in [6, 6.07) is 11.7. The number of aryl methyl sites for hydroxylation is 2. The standard InChI is InChI=1S/C18H17ClN2O/c1-11-3-4-12(2)16(7-11)21-18(22)8-13-10-20-17-9-14(19)5-6-15(13)17/h3-7,9-10,20H,8H2,1-2H3,(H,21,22). The second-order valence-corrected chi connectivity index (χ2v) is 5.98. The fraction of sp³-hybridized carbons (Fsp3) is 0.167. The van der Waals surface area contributed by atoms with E-state index in [0.717, 1.165) is 33.3 Å². The Morgan fingerprint density at radius 1 is 1.18 bits per heavy atom. The number of amides is 1. The number of rotatable bonds is 3. The number of hydrogen-bond acceptors (Lipinski definition) is 1. The summed E-state index contributed by atoms with van der Waals surface area (Å²) in [5, 5.41) is 4.70. The lowest BCUT2D eigenvalue weighted by atomic mass is 10.1. The van der Waals surface area contributed by atoms with Gasteiger partial charge in [-0.2, -0.15) is 0 Å². The summed E-state index contributed by atoms with van der Waals surface area (Å²) in [6.45, 7) is 4.00. The first-order valence-corrected chi connectivity index (χ1v) is 7.53. The van der Waals surface area contributed by atoms with E-state index in [1.54, 1.807) is 0 Å². The zero-order valence-electron chi connectivity index (χ0n) is 12.5. The minimum Gasteiger partial charge on any atom is -0.361 e. The van der Waals surface area contributed by atoms with Crippen LogP contribution < -0.4 is 5.32 Å². The van der Waals surface area contributed by atoms with Crippen LogP contribution in [-0.2, 0) is 11.2 Å². The molecule has 0 fully saturated rings. The molecule has 1 aromatic heterocycles. The lowest BCUT2D eigenvalue weighted by Gasteiger charge is -2.09. The number of fused-ring (bicyclic) bond motifs is 1. The lowest BCUT2D eigenvalue weighted by Crippen LogP contribution is -2.15. The molecule has 0 bridgehead atoms. The van der Waals surface area contributed by atoms with Crippen LogP contribution in [0.4, 0.5) is 5.69 Å². The van der Waals surface area contributed by atoms with Gasteiger partial charge in [0.25, 0.3) is 0 Å². The van der Waals surface area contributed by atoms with Gasteiger partial charge in [-0.05, 0) is 48.7 Å². The van der Waals surface area contributed by atoms with Crippen molar-refractivity contribution in [3.63, 3.8) is 0 Å². The molecule has 1 amide bonds. The van der Waals surface area contributed by atoms with Crippen LogP contribution >= 0.6 is 11.6 Å². The van der Waals surface area contributed by atoms with Crippen molar-refractivity contribution in [1.29, 1.82) is 0 Å². The molecule has 0 spiro atoms. The monoisotopic (exact) mass is 312 g/mol. The summed E-state index contributed by atoms with van der Waals surface area (Å²) < 4.78 is 0. The third kappa shape index (κ3) is 3.00. The summed E-state index contributed by atoms with van der Waals surface area (Å²) in [6.07, 6.45) is 2.19. The Morgan fingerprint density at radius 3 is 2.82 bits per heavy atom. The second-order valence-electron chi connectivity index (χ2n) is 5.55. The molecule has 0 atom stereocenters. The number of H-pyrrole nitrogens is 1. The molecule has 2 N–H and O–H groups in total. The maximum Gasteiger partial charge on any atom is 0.228 e. The van der Waals surface area contributed by atoms with Crippen LogP contribution in [-0.4, -0.2) is 10.9 Å². The molecule has 112 valence electrons. The molecule has 0 saturated carbocycles. The largest absolute Gasteiger partial charge is 0.361 e. The van der Waals surface area contributed by atoms with E-state index in [0.29, 0.717) is 11.4 Å². The van der Waals surface area contributed by atoms with Crippen molar-refractivity contribution >= 4 is 34.1 Å². The van der Waals surface area contributed by atoms with Gasteiger partial charge >= 0.3 is 0 Å². The number of benzene rings is 2. The van der Waals surface area contributed by atoms with Gasteiger partial charge in [0, 0.05) is 27.8 Å². The van der Waals surface area contributed by atoms with Gasteiger partial charge in [-0.25, -0.2) is 0 Å². The van der Waals surface area contributed by atoms with E-state index in [2.05, 4.69) is 10.3 Å². The third-order valence-electron chi connectivity index (χ3n) is 3.75. The molecule has 0 aliphatic carbocycles. The number of nitrogens with one attached hydrogen (secondary N) is 2. The van der Waals surface area contributed by atoms with Crippen LogP contribution in [0.25, 0.3) is 10.9 Å². The van der Waals surface area contributed by atoms with Crippen LogP contribution in [0.3, 0.4) is 0 Å². The molecular formula is C18H17ClN2O. The first kappa shape index (κ1) is 14.7. The number of aromatic amines is 1. The van der Waals surface area contributed by atoms with E-state index in [1.165, 1.54) is 0 Å². The number of hydrogen-bond donors (Lipinski definition) is 2. The summed E-state index contributed by atoms with van der Waals surface area (Å²) in [5.41, 5.74) is 4.97. The summed E-state index contributed by atoms with van der Waals surface area (Å²) in [5.74, 6) is -0.0236. The molecule has 4 heteroatoms. The molecule has 0 aliphatic heterocycles. The molecule has 22 heavy (non-hydrogen) atoms. The van der Waals surface area contributed by atoms with Crippen molar-refractivity contribution in [2.24, 2.45) is 0 Å². The van der Waals surface area contributed by atoms with Crippen LogP contribution in [0.5, 0.6) is 0 Å². The Kier molecular flexibility index (Phi) is 3.90. The third-order valence-corrected chi connectivity index (χ3v) is 3.98. The summed E-state index contributed by atoms with van der Waals surface area (Å²) in [4.78, 5) is 15.5. The van der Waals surface area contributed by atoms with E-state index in [1.807, 2.05) is 56.4 Å². The molecule has 2 aromatic carbocycles. The zero-order valence-corrected chi connectivity index (χ0v) is 13.3. The van der Waals surface area contributed by atoms with Crippen molar-refractivity contribution in [2.45, 2.75) is 20.3 Å². The predicted molar refractivity (Wildman–Crippen MR) is 91.6 cm³/mol. The Morgan fingerprint density at radius 2 is 2.00 bits per heavy atom. The molecule has 1 heterocycles. The van der Waals surface area contributed by atoms with Crippen LogP contribution in [0.2, 0.25) is 5.02 Å². The fourth-order valence-corrected chi connectivity index (χ4v) is 2.71. The van der Waals surface area contributed by atoms with Crippen molar-refractivity contribution in [2.75, 3.05) is 5.32 Å². The Hall–Kier alpha value is -2.26. The first-order valence-electron chi connectivity index (χ1n) is 7.15. The zero-order chi connectivity index (χ0) is 15.7. The van der Waals surface area contributed by atoms with E-state index < -0.39 is 0 Å². The van der Waals surface area contributed by atoms with E-state index in [4.69, 9.17) is 11.6 Å². The van der Waals surface area contributed by atoms with E-state index in [9.17, 15) is 4.79 Å². The van der Waals surface area contributed by atoms with Crippen LogP contribution in [0.1, 0.15) is 16.7 Å². The second kappa shape index (κ2) is 5.85. The molecule has 0 aliphatic rings. The number of carbonyl (C=O) groups excluding carboxylic acids is 1. The van der Waals surface area contributed by atoms with Gasteiger partial charge in [0.2, 0.25) is 5.91 Å². The van der Waals surface area contributed by atoms with Crippen LogP contribution in [0, 0.1) is 13.8 Å². The minimum atomic E-state index is -0.0236. The van der Waals surface area contributed by atoms with E-state index >= 15 is 0 Å². The highest BCUT2D eigenvalue weighted by molar-refractivity contribution is 6.31. The maximum absolute atomic E-state index is 12.3. The average Bonchev–Trinajstić information content (AvgIpc) is 2.85. The van der Waals surface area contributed by atoms with Crippen molar-refractivity contribution in [3.8, 4) is 0 Å². The molecule has 0 radical (unpaired) electrons. The molecule has 0 unspecified atom stereocenters.